The van der Waals surface area contributed by atoms with Gasteiger partial charge < -0.3 is 18.3 Å². The highest BCUT2D eigenvalue weighted by Crippen LogP contribution is 2.40. The first kappa shape index (κ1) is 24.1. The minimum absolute atomic E-state index is 0.00179. The second-order valence-electron chi connectivity index (χ2n) is 7.46. The molecule has 0 radical (unpaired) electrons. The van der Waals surface area contributed by atoms with Crippen LogP contribution in [-0.2, 0) is 6.18 Å². The molecule has 0 atom stereocenters. The molecule has 0 fully saturated rings. The van der Waals surface area contributed by atoms with Gasteiger partial charge in [0.1, 0.15) is 22.7 Å². The first-order chi connectivity index (χ1) is 17.1. The van der Waals surface area contributed by atoms with Crippen LogP contribution in [0.25, 0.3) is 21.9 Å². The van der Waals surface area contributed by atoms with E-state index in [0.717, 1.165) is 10.5 Å². The molecule has 0 aliphatic rings. The van der Waals surface area contributed by atoms with Crippen LogP contribution in [0.4, 0.5) is 13.2 Å². The summed E-state index contributed by atoms with van der Waals surface area (Å²) in [5, 5.41) is 0.451. The second-order valence-corrected chi connectivity index (χ2v) is 9.23. The maximum atomic E-state index is 13.8. The molecule has 0 unspecified atom stereocenters. The molecule has 36 heavy (non-hydrogen) atoms. The Kier molecular flexibility index (Phi) is 6.13. The Balaban J connectivity index is 1.53. The normalized spacial score (nSPS) is 11.7. The number of rotatable bonds is 4. The van der Waals surface area contributed by atoms with E-state index in [0.29, 0.717) is 15.4 Å². The molecule has 0 amide bonds. The number of hydrogen-bond acceptors (Lipinski definition) is 6. The van der Waals surface area contributed by atoms with Gasteiger partial charge in [-0.25, -0.2) is 4.79 Å². The van der Waals surface area contributed by atoms with E-state index in [1.807, 2.05) is 0 Å². The predicted octanol–water partition coefficient (Wildman–Crippen LogP) is 8.09. The number of fused-ring (bicyclic) bond motifs is 2. The molecule has 2 heterocycles. The summed E-state index contributed by atoms with van der Waals surface area (Å²) in [6.07, 6.45) is -5.04. The Morgan fingerprint density at radius 2 is 1.67 bits per heavy atom. The molecular formula is C25H11Br2F3O6. The maximum Gasteiger partial charge on any atom is 0.453 e. The minimum Gasteiger partial charge on any atom is -0.449 e. The largest absolute Gasteiger partial charge is 0.453 e. The number of para-hydroxylation sites is 1. The first-order valence-corrected chi connectivity index (χ1v) is 11.7. The number of alkyl halides is 3. The van der Waals surface area contributed by atoms with Gasteiger partial charge in [-0.3, -0.25) is 4.79 Å². The van der Waals surface area contributed by atoms with E-state index >= 15 is 0 Å². The molecule has 0 aliphatic heterocycles. The van der Waals surface area contributed by atoms with E-state index in [4.69, 9.17) is 18.3 Å². The van der Waals surface area contributed by atoms with Gasteiger partial charge in [0.25, 0.3) is 5.76 Å². The number of carbonyl (C=O) groups is 1. The average Bonchev–Trinajstić information content (AvgIpc) is 3.24. The topological polar surface area (TPSA) is 78.9 Å². The van der Waals surface area contributed by atoms with Crippen LogP contribution >= 0.6 is 31.9 Å². The van der Waals surface area contributed by atoms with Crippen molar-refractivity contribution in [1.82, 2.24) is 0 Å². The SMILES string of the molecule is O=C(Oc1ccc2c(=O)c(Oc3ccccc3Br)c(C(F)(F)F)oc2c1)c1cc2cc(Br)ccc2o1. The first-order valence-electron chi connectivity index (χ1n) is 10.1. The number of furan rings is 1. The number of halogens is 5. The molecule has 5 aromatic rings. The third kappa shape index (κ3) is 4.63. The number of ether oxygens (including phenoxy) is 2. The fraction of sp³-hybridized carbons (Fsp3) is 0.0400. The van der Waals surface area contributed by atoms with Gasteiger partial charge in [-0.05, 0) is 64.5 Å². The van der Waals surface area contributed by atoms with Crippen molar-refractivity contribution in [2.75, 3.05) is 0 Å². The highest BCUT2D eigenvalue weighted by Gasteiger charge is 2.40. The van der Waals surface area contributed by atoms with Crippen molar-refractivity contribution < 1.29 is 36.3 Å². The van der Waals surface area contributed by atoms with Crippen LogP contribution < -0.4 is 14.9 Å². The third-order valence-corrected chi connectivity index (χ3v) is 6.17. The van der Waals surface area contributed by atoms with Crippen LogP contribution in [-0.4, -0.2) is 5.97 Å². The fourth-order valence-corrected chi connectivity index (χ4v) is 4.15. The van der Waals surface area contributed by atoms with Gasteiger partial charge in [-0.1, -0.05) is 28.1 Å². The second kappa shape index (κ2) is 9.14. The van der Waals surface area contributed by atoms with E-state index in [-0.39, 0.29) is 22.6 Å². The molecule has 6 nitrogen and oxygen atoms in total. The minimum atomic E-state index is -5.04. The van der Waals surface area contributed by atoms with Crippen LogP contribution in [0.2, 0.25) is 0 Å². The van der Waals surface area contributed by atoms with Gasteiger partial charge in [-0.15, -0.1) is 0 Å². The summed E-state index contributed by atoms with van der Waals surface area (Å²) < 4.78 is 63.6. The number of hydrogen-bond donors (Lipinski definition) is 0. The van der Waals surface area contributed by atoms with Crippen molar-refractivity contribution in [3.8, 4) is 17.2 Å². The monoisotopic (exact) mass is 622 g/mol. The fourth-order valence-electron chi connectivity index (χ4n) is 3.41. The number of carbonyl (C=O) groups excluding carboxylic acids is 1. The molecule has 0 spiro atoms. The predicted molar refractivity (Wildman–Crippen MR) is 131 cm³/mol. The molecular weight excluding hydrogens is 613 g/mol. The number of benzene rings is 3. The summed E-state index contributed by atoms with van der Waals surface area (Å²) in [6, 6.07) is 16.2. The zero-order valence-electron chi connectivity index (χ0n) is 17.7. The standard InChI is InChI=1S/C25H11Br2F3O6/c26-13-5-8-17-12(9-13)10-20(34-17)24(32)33-14-6-7-15-19(11-14)36-23(25(28,29)30)22(21(15)31)35-18-4-2-1-3-16(18)27/h1-11H. The Bertz CT molecular complexity index is 1700. The van der Waals surface area contributed by atoms with Crippen LogP contribution in [0, 0.1) is 0 Å². The summed E-state index contributed by atoms with van der Waals surface area (Å²) in [7, 11) is 0. The van der Waals surface area contributed by atoms with Gasteiger partial charge in [0.05, 0.1) is 9.86 Å². The van der Waals surface area contributed by atoms with Gasteiger partial charge in [0.2, 0.25) is 16.9 Å². The summed E-state index contributed by atoms with van der Waals surface area (Å²) >= 11 is 6.49. The lowest BCUT2D eigenvalue weighted by Gasteiger charge is -2.14. The van der Waals surface area contributed by atoms with E-state index in [2.05, 4.69) is 31.9 Å². The van der Waals surface area contributed by atoms with Gasteiger partial charge in [0, 0.05) is 15.9 Å². The zero-order chi connectivity index (χ0) is 25.6. The zero-order valence-corrected chi connectivity index (χ0v) is 20.9. The lowest BCUT2D eigenvalue weighted by atomic mass is 10.2. The van der Waals surface area contributed by atoms with E-state index in [9.17, 15) is 22.8 Å². The Labute approximate surface area is 216 Å². The van der Waals surface area contributed by atoms with E-state index < -0.39 is 34.7 Å². The van der Waals surface area contributed by atoms with Crippen molar-refractivity contribution in [1.29, 1.82) is 0 Å². The van der Waals surface area contributed by atoms with Crippen LogP contribution in [0.3, 0.4) is 0 Å². The van der Waals surface area contributed by atoms with Crippen LogP contribution in [0.5, 0.6) is 17.2 Å². The lowest BCUT2D eigenvalue weighted by Crippen LogP contribution is -2.15. The molecule has 0 bridgehead atoms. The van der Waals surface area contributed by atoms with E-state index in [1.54, 1.807) is 30.3 Å². The molecule has 0 saturated carbocycles. The van der Waals surface area contributed by atoms with Gasteiger partial charge in [-0.2, -0.15) is 13.2 Å². The average molecular weight is 624 g/mol. The van der Waals surface area contributed by atoms with E-state index in [1.165, 1.54) is 30.3 Å². The number of esters is 1. The van der Waals surface area contributed by atoms with Crippen LogP contribution in [0.1, 0.15) is 16.3 Å². The van der Waals surface area contributed by atoms with Gasteiger partial charge in [0.15, 0.2) is 0 Å². The maximum absolute atomic E-state index is 13.8. The third-order valence-electron chi connectivity index (χ3n) is 5.02. The molecule has 2 aromatic heterocycles. The highest BCUT2D eigenvalue weighted by atomic mass is 79.9. The summed E-state index contributed by atoms with van der Waals surface area (Å²) in [6.45, 7) is 0. The molecule has 0 saturated heterocycles. The molecule has 182 valence electrons. The molecule has 0 N–H and O–H groups in total. The van der Waals surface area contributed by atoms with Crippen LogP contribution in [0.15, 0.2) is 89.3 Å². The summed E-state index contributed by atoms with van der Waals surface area (Å²) in [4.78, 5) is 25.5. The van der Waals surface area contributed by atoms with Crippen molar-refractivity contribution in [3.05, 3.63) is 97.4 Å². The molecule has 11 heteroatoms. The summed E-state index contributed by atoms with van der Waals surface area (Å²) in [5.74, 6) is -3.78. The Hall–Kier alpha value is -3.57. The Morgan fingerprint density at radius 1 is 0.889 bits per heavy atom. The Morgan fingerprint density at radius 3 is 2.42 bits per heavy atom. The molecule has 5 rings (SSSR count). The highest BCUT2D eigenvalue weighted by molar-refractivity contribution is 9.10. The molecule has 3 aromatic carbocycles. The van der Waals surface area contributed by atoms with Gasteiger partial charge >= 0.3 is 12.1 Å². The van der Waals surface area contributed by atoms with Crippen molar-refractivity contribution in [2.45, 2.75) is 6.18 Å². The van der Waals surface area contributed by atoms with Crippen molar-refractivity contribution in [2.24, 2.45) is 0 Å². The molecule has 0 aliphatic carbocycles. The summed E-state index contributed by atoms with van der Waals surface area (Å²) in [5.41, 5.74) is -1.03. The quantitative estimate of drug-likeness (QED) is 0.149. The smallest absolute Gasteiger partial charge is 0.449 e. The van der Waals surface area contributed by atoms with Crippen molar-refractivity contribution in [3.63, 3.8) is 0 Å². The lowest BCUT2D eigenvalue weighted by molar-refractivity contribution is -0.154. The van der Waals surface area contributed by atoms with Crippen molar-refractivity contribution >= 4 is 59.8 Å².